The van der Waals surface area contributed by atoms with Crippen molar-refractivity contribution in [2.45, 2.75) is 19.4 Å². The van der Waals surface area contributed by atoms with Crippen LogP contribution in [0.1, 0.15) is 13.3 Å². The Morgan fingerprint density at radius 1 is 1.06 bits per heavy atom. The first-order valence-electron chi connectivity index (χ1n) is 6.37. The van der Waals surface area contributed by atoms with Crippen LogP contribution in [0.25, 0.3) is 0 Å². The van der Waals surface area contributed by atoms with Crippen molar-refractivity contribution in [2.75, 3.05) is 46.8 Å². The second-order valence-corrected chi connectivity index (χ2v) is 6.97. The van der Waals surface area contributed by atoms with Crippen molar-refractivity contribution in [3.63, 3.8) is 0 Å². The summed E-state index contributed by atoms with van der Waals surface area (Å²) in [6.07, 6.45) is 1.37. The number of likely N-dealkylation sites (N-methyl/N-ethyl adjacent to an activating group) is 1. The lowest BCUT2D eigenvalue weighted by molar-refractivity contribution is 0.0443. The molecule has 16 heavy (non-hydrogen) atoms. The Balaban J connectivity index is 1.99. The summed E-state index contributed by atoms with van der Waals surface area (Å²) in [5.74, 6) is 1.73. The van der Waals surface area contributed by atoms with Gasteiger partial charge in [-0.25, -0.2) is 3.11 Å². The quantitative estimate of drug-likeness (QED) is 0.531. The SMILES string of the molecule is CC1CN(C)CCC1C1CN(I)CCN1C. The highest BCUT2D eigenvalue weighted by Crippen LogP contribution is 2.30. The predicted molar refractivity (Wildman–Crippen MR) is 76.8 cm³/mol. The van der Waals surface area contributed by atoms with Crippen LogP contribution >= 0.6 is 22.9 Å². The fourth-order valence-electron chi connectivity index (χ4n) is 3.27. The number of hydrogen-bond donors (Lipinski definition) is 0. The summed E-state index contributed by atoms with van der Waals surface area (Å²) >= 11 is 2.49. The average Bonchev–Trinajstić information content (AvgIpc) is 2.22. The molecule has 0 aromatic heterocycles. The van der Waals surface area contributed by atoms with Gasteiger partial charge in [0, 0.05) is 55.1 Å². The van der Waals surface area contributed by atoms with Crippen LogP contribution in [0.5, 0.6) is 0 Å². The number of halogens is 1. The van der Waals surface area contributed by atoms with E-state index in [0.717, 1.165) is 17.9 Å². The van der Waals surface area contributed by atoms with Gasteiger partial charge in [-0.3, -0.25) is 0 Å². The molecule has 94 valence electrons. The molecule has 0 saturated carbocycles. The molecule has 0 amide bonds. The molecular weight excluding hydrogens is 313 g/mol. The first kappa shape index (κ1) is 13.1. The lowest BCUT2D eigenvalue weighted by atomic mass is 9.80. The Morgan fingerprint density at radius 3 is 2.50 bits per heavy atom. The summed E-state index contributed by atoms with van der Waals surface area (Å²) in [6, 6.07) is 0.773. The van der Waals surface area contributed by atoms with Gasteiger partial charge in [-0.05, 0) is 38.9 Å². The van der Waals surface area contributed by atoms with E-state index in [-0.39, 0.29) is 0 Å². The van der Waals surface area contributed by atoms with E-state index in [1.165, 1.54) is 39.1 Å². The van der Waals surface area contributed by atoms with Crippen LogP contribution in [0.15, 0.2) is 0 Å². The summed E-state index contributed by atoms with van der Waals surface area (Å²) in [4.78, 5) is 5.06. The maximum Gasteiger partial charge on any atom is 0.0260 e. The largest absolute Gasteiger partial charge is 0.306 e. The summed E-state index contributed by atoms with van der Waals surface area (Å²) in [5, 5.41) is 0. The zero-order chi connectivity index (χ0) is 11.7. The van der Waals surface area contributed by atoms with Crippen LogP contribution in [0.3, 0.4) is 0 Å². The Bertz CT molecular complexity index is 236. The molecule has 2 aliphatic heterocycles. The molecular formula is C12H24IN3. The zero-order valence-electron chi connectivity index (χ0n) is 10.7. The summed E-state index contributed by atoms with van der Waals surface area (Å²) in [7, 11) is 4.56. The van der Waals surface area contributed by atoms with Crippen molar-refractivity contribution >= 4 is 22.9 Å². The predicted octanol–water partition coefficient (Wildman–Crippen LogP) is 1.54. The smallest absolute Gasteiger partial charge is 0.0260 e. The number of nitrogens with zero attached hydrogens (tertiary/aromatic N) is 3. The summed E-state index contributed by atoms with van der Waals surface area (Å²) < 4.78 is 2.47. The average molecular weight is 337 g/mol. The van der Waals surface area contributed by atoms with Gasteiger partial charge in [-0.2, -0.15) is 0 Å². The van der Waals surface area contributed by atoms with Crippen LogP contribution in [0, 0.1) is 11.8 Å². The molecule has 2 aliphatic rings. The second kappa shape index (κ2) is 5.50. The Labute approximate surface area is 114 Å². The number of piperidine rings is 1. The molecule has 3 atom stereocenters. The van der Waals surface area contributed by atoms with Gasteiger partial charge in [0.1, 0.15) is 0 Å². The van der Waals surface area contributed by atoms with Gasteiger partial charge in [-0.15, -0.1) is 0 Å². The van der Waals surface area contributed by atoms with E-state index in [1.807, 2.05) is 0 Å². The van der Waals surface area contributed by atoms with E-state index < -0.39 is 0 Å². The second-order valence-electron chi connectivity index (χ2n) is 5.61. The molecule has 0 spiro atoms. The molecule has 0 bridgehead atoms. The third-order valence-corrected chi connectivity index (χ3v) is 5.19. The van der Waals surface area contributed by atoms with Gasteiger partial charge in [0.2, 0.25) is 0 Å². The highest BCUT2D eigenvalue weighted by molar-refractivity contribution is 14.1. The summed E-state index contributed by atoms with van der Waals surface area (Å²) in [5.41, 5.74) is 0. The Hall–Kier alpha value is 0.610. The molecule has 2 saturated heterocycles. The normalized spacial score (nSPS) is 40.1. The van der Waals surface area contributed by atoms with E-state index in [2.05, 4.69) is 56.8 Å². The van der Waals surface area contributed by atoms with Crippen molar-refractivity contribution in [2.24, 2.45) is 11.8 Å². The molecule has 2 heterocycles. The van der Waals surface area contributed by atoms with Crippen LogP contribution in [-0.4, -0.2) is 65.8 Å². The molecule has 3 unspecified atom stereocenters. The van der Waals surface area contributed by atoms with E-state index in [0.29, 0.717) is 0 Å². The zero-order valence-corrected chi connectivity index (χ0v) is 12.9. The van der Waals surface area contributed by atoms with Crippen molar-refractivity contribution in [3.8, 4) is 0 Å². The van der Waals surface area contributed by atoms with Crippen LogP contribution in [0.2, 0.25) is 0 Å². The van der Waals surface area contributed by atoms with E-state index in [4.69, 9.17) is 0 Å². The maximum absolute atomic E-state index is 2.58. The molecule has 4 heteroatoms. The first-order valence-corrected chi connectivity index (χ1v) is 7.34. The van der Waals surface area contributed by atoms with Gasteiger partial charge < -0.3 is 9.80 Å². The van der Waals surface area contributed by atoms with E-state index >= 15 is 0 Å². The third-order valence-electron chi connectivity index (χ3n) is 4.32. The molecule has 3 nitrogen and oxygen atoms in total. The van der Waals surface area contributed by atoms with Crippen molar-refractivity contribution in [1.82, 2.24) is 12.9 Å². The number of hydrogen-bond acceptors (Lipinski definition) is 3. The lowest BCUT2D eigenvalue weighted by Gasteiger charge is -2.46. The maximum atomic E-state index is 2.58. The highest BCUT2D eigenvalue weighted by Gasteiger charge is 2.35. The molecule has 2 rings (SSSR count). The third kappa shape index (κ3) is 2.89. The summed E-state index contributed by atoms with van der Waals surface area (Å²) in [6.45, 7) is 8.67. The van der Waals surface area contributed by atoms with Gasteiger partial charge in [-0.1, -0.05) is 6.92 Å². The monoisotopic (exact) mass is 337 g/mol. The highest BCUT2D eigenvalue weighted by atomic mass is 127. The van der Waals surface area contributed by atoms with Crippen LogP contribution in [-0.2, 0) is 0 Å². The Kier molecular flexibility index (Phi) is 4.49. The fourth-order valence-corrected chi connectivity index (χ4v) is 3.89. The van der Waals surface area contributed by atoms with Crippen LogP contribution < -0.4 is 0 Å². The van der Waals surface area contributed by atoms with E-state index in [9.17, 15) is 0 Å². The Morgan fingerprint density at radius 2 is 1.81 bits per heavy atom. The fraction of sp³-hybridized carbons (Fsp3) is 1.00. The lowest BCUT2D eigenvalue weighted by Crippen LogP contribution is -2.55. The minimum Gasteiger partial charge on any atom is -0.306 e. The number of rotatable bonds is 1. The van der Waals surface area contributed by atoms with E-state index in [1.54, 1.807) is 0 Å². The molecule has 2 fully saturated rings. The van der Waals surface area contributed by atoms with Crippen molar-refractivity contribution in [3.05, 3.63) is 0 Å². The molecule has 0 aliphatic carbocycles. The molecule has 0 aromatic rings. The van der Waals surface area contributed by atoms with Crippen LogP contribution in [0.4, 0.5) is 0 Å². The minimum absolute atomic E-state index is 0.773. The minimum atomic E-state index is 0.773. The van der Waals surface area contributed by atoms with Gasteiger partial charge in [0.25, 0.3) is 0 Å². The standard InChI is InChI=1S/C12H24IN3/c1-10-8-14(2)5-4-11(10)12-9-16(13)7-6-15(12)3/h10-12H,4-9H2,1-3H3. The molecule has 0 radical (unpaired) electrons. The number of piperazine rings is 1. The topological polar surface area (TPSA) is 9.72 Å². The first-order chi connectivity index (χ1) is 7.58. The molecule has 0 N–H and O–H groups in total. The molecule has 0 aromatic carbocycles. The van der Waals surface area contributed by atoms with Crippen molar-refractivity contribution in [1.29, 1.82) is 0 Å². The number of likely N-dealkylation sites (tertiary alicyclic amines) is 1. The van der Waals surface area contributed by atoms with Crippen molar-refractivity contribution < 1.29 is 0 Å². The van der Waals surface area contributed by atoms with Gasteiger partial charge in [0.05, 0.1) is 0 Å². The van der Waals surface area contributed by atoms with Gasteiger partial charge in [0.15, 0.2) is 0 Å². The van der Waals surface area contributed by atoms with Gasteiger partial charge >= 0.3 is 0 Å².